The van der Waals surface area contributed by atoms with Crippen LogP contribution in [-0.4, -0.2) is 20.2 Å². The molecule has 1 N–H and O–H groups in total. The molecule has 2 nitrogen and oxygen atoms in total. The van der Waals surface area contributed by atoms with Crippen molar-refractivity contribution in [1.29, 1.82) is 0 Å². The summed E-state index contributed by atoms with van der Waals surface area (Å²) in [5.74, 6) is 0.255. The normalized spacial score (nSPS) is 11.5. The van der Waals surface area contributed by atoms with Crippen LogP contribution >= 0.6 is 0 Å². The van der Waals surface area contributed by atoms with Crippen molar-refractivity contribution in [2.75, 3.05) is 20.2 Å². The first-order valence-corrected chi connectivity index (χ1v) is 4.98. The number of alkyl halides is 3. The Bertz CT molecular complexity index is 325. The largest absolute Gasteiger partial charge is 0.494 e. The summed E-state index contributed by atoms with van der Waals surface area (Å²) in [7, 11) is 1.81. The lowest BCUT2D eigenvalue weighted by atomic mass is 10.2. The van der Waals surface area contributed by atoms with Crippen LogP contribution in [0.4, 0.5) is 13.2 Å². The first kappa shape index (κ1) is 12.8. The molecular weight excluding hydrogens is 219 g/mol. The van der Waals surface area contributed by atoms with Gasteiger partial charge in [-0.3, -0.25) is 0 Å². The van der Waals surface area contributed by atoms with E-state index in [4.69, 9.17) is 4.74 Å². The third-order valence-electron chi connectivity index (χ3n) is 2.00. The van der Waals surface area contributed by atoms with Gasteiger partial charge in [-0.05, 0) is 38.2 Å². The molecule has 5 heteroatoms. The topological polar surface area (TPSA) is 21.3 Å². The minimum absolute atomic E-state index is 0.255. The minimum Gasteiger partial charge on any atom is -0.494 e. The zero-order chi connectivity index (χ0) is 12.0. The summed E-state index contributed by atoms with van der Waals surface area (Å²) in [4.78, 5) is 0. The van der Waals surface area contributed by atoms with Crippen LogP contribution in [0.15, 0.2) is 24.3 Å². The molecule has 0 saturated carbocycles. The summed E-state index contributed by atoms with van der Waals surface area (Å²) < 4.78 is 42.2. The first-order valence-electron chi connectivity index (χ1n) is 4.98. The number of nitrogens with one attached hydrogen (secondary N) is 1. The van der Waals surface area contributed by atoms with Gasteiger partial charge in [0.25, 0.3) is 0 Å². The number of hydrogen-bond acceptors (Lipinski definition) is 2. The van der Waals surface area contributed by atoms with Crippen LogP contribution in [0.1, 0.15) is 12.0 Å². The Morgan fingerprint density at radius 2 is 2.06 bits per heavy atom. The highest BCUT2D eigenvalue weighted by atomic mass is 19.4. The zero-order valence-corrected chi connectivity index (χ0v) is 8.97. The molecule has 0 aromatic heterocycles. The predicted molar refractivity (Wildman–Crippen MR) is 55.5 cm³/mol. The van der Waals surface area contributed by atoms with Gasteiger partial charge in [0.2, 0.25) is 0 Å². The predicted octanol–water partition coefficient (Wildman–Crippen LogP) is 2.69. The molecule has 0 aliphatic heterocycles. The summed E-state index contributed by atoms with van der Waals surface area (Å²) in [6.07, 6.45) is -3.56. The van der Waals surface area contributed by atoms with Crippen molar-refractivity contribution in [3.8, 4) is 5.75 Å². The molecule has 0 amide bonds. The average Bonchev–Trinajstić information content (AvgIpc) is 2.24. The maximum absolute atomic E-state index is 12.3. The van der Waals surface area contributed by atoms with Crippen molar-refractivity contribution in [2.45, 2.75) is 12.6 Å². The van der Waals surface area contributed by atoms with E-state index in [-0.39, 0.29) is 5.75 Å². The van der Waals surface area contributed by atoms with Crippen LogP contribution in [0.2, 0.25) is 0 Å². The summed E-state index contributed by atoms with van der Waals surface area (Å²) in [5.41, 5.74) is -0.682. The summed E-state index contributed by atoms with van der Waals surface area (Å²) in [6, 6.07) is 4.91. The van der Waals surface area contributed by atoms with Gasteiger partial charge in [-0.15, -0.1) is 0 Å². The van der Waals surface area contributed by atoms with Crippen LogP contribution in [0.3, 0.4) is 0 Å². The number of halogens is 3. The second-order valence-electron chi connectivity index (χ2n) is 3.33. The highest BCUT2D eigenvalue weighted by Gasteiger charge is 2.30. The Morgan fingerprint density at radius 3 is 2.69 bits per heavy atom. The van der Waals surface area contributed by atoms with Gasteiger partial charge in [-0.1, -0.05) is 6.07 Å². The average molecular weight is 233 g/mol. The molecule has 0 spiro atoms. The summed E-state index contributed by atoms with van der Waals surface area (Å²) in [5, 5.41) is 2.93. The molecule has 0 aliphatic carbocycles. The van der Waals surface area contributed by atoms with E-state index in [9.17, 15) is 13.2 Å². The Hall–Kier alpha value is -1.23. The van der Waals surface area contributed by atoms with Crippen LogP contribution < -0.4 is 10.1 Å². The maximum atomic E-state index is 12.3. The fourth-order valence-corrected chi connectivity index (χ4v) is 1.20. The fraction of sp³-hybridized carbons (Fsp3) is 0.455. The minimum atomic E-state index is -4.32. The Morgan fingerprint density at radius 1 is 1.31 bits per heavy atom. The standard InChI is InChI=1S/C11H14F3NO/c1-15-6-3-7-16-10-5-2-4-9(8-10)11(12,13)14/h2,4-5,8,15H,3,6-7H2,1H3. The number of benzene rings is 1. The molecule has 1 aromatic rings. The second-order valence-corrected chi connectivity index (χ2v) is 3.33. The summed E-state index contributed by atoms with van der Waals surface area (Å²) in [6.45, 7) is 1.18. The van der Waals surface area contributed by atoms with Crippen molar-refractivity contribution in [3.63, 3.8) is 0 Å². The quantitative estimate of drug-likeness (QED) is 0.789. The third-order valence-corrected chi connectivity index (χ3v) is 2.00. The molecule has 0 atom stereocenters. The lowest BCUT2D eigenvalue weighted by molar-refractivity contribution is -0.137. The van der Waals surface area contributed by atoms with Crippen molar-refractivity contribution in [3.05, 3.63) is 29.8 Å². The highest BCUT2D eigenvalue weighted by molar-refractivity contribution is 5.30. The Labute approximate surface area is 92.4 Å². The van der Waals surface area contributed by atoms with Crippen LogP contribution in [0.25, 0.3) is 0 Å². The third kappa shape index (κ3) is 4.10. The van der Waals surface area contributed by atoms with Gasteiger partial charge in [-0.2, -0.15) is 13.2 Å². The molecule has 0 saturated heterocycles. The van der Waals surface area contributed by atoms with Gasteiger partial charge in [0.15, 0.2) is 0 Å². The Balaban J connectivity index is 2.54. The van der Waals surface area contributed by atoms with E-state index in [1.165, 1.54) is 12.1 Å². The van der Waals surface area contributed by atoms with E-state index >= 15 is 0 Å². The van der Waals surface area contributed by atoms with Crippen molar-refractivity contribution < 1.29 is 17.9 Å². The van der Waals surface area contributed by atoms with Gasteiger partial charge in [-0.25, -0.2) is 0 Å². The first-order chi connectivity index (χ1) is 7.54. The molecular formula is C11H14F3NO. The van der Waals surface area contributed by atoms with Crippen LogP contribution in [0.5, 0.6) is 5.75 Å². The number of rotatable bonds is 5. The lowest BCUT2D eigenvalue weighted by Crippen LogP contribution is -2.12. The van der Waals surface area contributed by atoms with E-state index in [1.54, 1.807) is 0 Å². The fourth-order valence-electron chi connectivity index (χ4n) is 1.20. The zero-order valence-electron chi connectivity index (χ0n) is 8.97. The molecule has 0 bridgehead atoms. The molecule has 0 fully saturated rings. The van der Waals surface area contributed by atoms with E-state index in [0.717, 1.165) is 25.1 Å². The second kappa shape index (κ2) is 5.75. The van der Waals surface area contributed by atoms with Crippen LogP contribution in [-0.2, 0) is 6.18 Å². The van der Waals surface area contributed by atoms with E-state index in [2.05, 4.69) is 5.32 Å². The van der Waals surface area contributed by atoms with Crippen LogP contribution in [0, 0.1) is 0 Å². The van der Waals surface area contributed by atoms with Crippen molar-refractivity contribution in [1.82, 2.24) is 5.32 Å². The number of ether oxygens (including phenoxy) is 1. The Kier molecular flexibility index (Phi) is 4.61. The van der Waals surface area contributed by atoms with Gasteiger partial charge in [0.1, 0.15) is 5.75 Å². The SMILES string of the molecule is CNCCCOc1cccc(C(F)(F)F)c1. The van der Waals surface area contributed by atoms with E-state index < -0.39 is 11.7 Å². The van der Waals surface area contributed by atoms with Gasteiger partial charge in [0.05, 0.1) is 12.2 Å². The van der Waals surface area contributed by atoms with Gasteiger partial charge < -0.3 is 10.1 Å². The molecule has 0 heterocycles. The molecule has 0 aliphatic rings. The highest BCUT2D eigenvalue weighted by Crippen LogP contribution is 2.31. The van der Waals surface area contributed by atoms with Crippen molar-refractivity contribution >= 4 is 0 Å². The van der Waals surface area contributed by atoms with E-state index in [0.29, 0.717) is 6.61 Å². The number of hydrogen-bond donors (Lipinski definition) is 1. The maximum Gasteiger partial charge on any atom is 0.416 e. The molecule has 1 aromatic carbocycles. The molecule has 0 radical (unpaired) electrons. The molecule has 0 unspecified atom stereocenters. The monoisotopic (exact) mass is 233 g/mol. The smallest absolute Gasteiger partial charge is 0.416 e. The van der Waals surface area contributed by atoms with Gasteiger partial charge >= 0.3 is 6.18 Å². The lowest BCUT2D eigenvalue weighted by Gasteiger charge is -2.10. The van der Waals surface area contributed by atoms with Crippen molar-refractivity contribution in [2.24, 2.45) is 0 Å². The summed E-state index contributed by atoms with van der Waals surface area (Å²) >= 11 is 0. The molecule has 90 valence electrons. The van der Waals surface area contributed by atoms with Gasteiger partial charge in [0, 0.05) is 0 Å². The molecule has 1 rings (SSSR count). The van der Waals surface area contributed by atoms with E-state index in [1.807, 2.05) is 7.05 Å². The molecule has 16 heavy (non-hydrogen) atoms.